The molecule has 0 bridgehead atoms. The van der Waals surface area contributed by atoms with Gasteiger partial charge in [0.2, 0.25) is 0 Å². The van der Waals surface area contributed by atoms with Crippen molar-refractivity contribution < 1.29 is 0 Å². The topological polar surface area (TPSA) is 70.4 Å². The van der Waals surface area contributed by atoms with Gasteiger partial charge in [-0.05, 0) is 54.4 Å². The van der Waals surface area contributed by atoms with E-state index in [9.17, 15) is 0 Å². The highest BCUT2D eigenvalue weighted by Crippen LogP contribution is 2.12. The van der Waals surface area contributed by atoms with E-state index in [4.69, 9.17) is 4.99 Å². The minimum absolute atomic E-state index is 0. The van der Waals surface area contributed by atoms with Crippen LogP contribution in [-0.2, 0) is 13.0 Å². The predicted octanol–water partition coefficient (Wildman–Crippen LogP) is 2.58. The second-order valence-electron chi connectivity index (χ2n) is 7.68. The summed E-state index contributed by atoms with van der Waals surface area (Å²) >= 11 is 0. The number of aromatic nitrogens is 3. The molecule has 2 heterocycles. The highest BCUT2D eigenvalue weighted by molar-refractivity contribution is 14.0. The van der Waals surface area contributed by atoms with Crippen LogP contribution in [0.4, 0.5) is 0 Å². The van der Waals surface area contributed by atoms with Gasteiger partial charge in [0, 0.05) is 44.2 Å². The van der Waals surface area contributed by atoms with Crippen molar-refractivity contribution in [3.8, 4) is 0 Å². The third-order valence-corrected chi connectivity index (χ3v) is 4.82. The standard InChI is InChI=1S/C19H37N7.HI/c1-7-20-19(21-11-8-12-25(14(2)3)15(4)5)23-17-9-10-18-22-16(6)24-26(18)13-17;/h14-15,17H,7-13H2,1-6H3,(H2,20,21,23);1H. The summed E-state index contributed by atoms with van der Waals surface area (Å²) in [5.74, 6) is 2.88. The second kappa shape index (κ2) is 11.8. The summed E-state index contributed by atoms with van der Waals surface area (Å²) in [6.45, 7) is 16.8. The van der Waals surface area contributed by atoms with Crippen LogP contribution >= 0.6 is 24.0 Å². The zero-order valence-electron chi connectivity index (χ0n) is 17.8. The van der Waals surface area contributed by atoms with Gasteiger partial charge in [0.25, 0.3) is 0 Å². The second-order valence-corrected chi connectivity index (χ2v) is 7.68. The molecule has 8 heteroatoms. The van der Waals surface area contributed by atoms with Gasteiger partial charge in [-0.3, -0.25) is 9.89 Å². The number of hydrogen-bond acceptors (Lipinski definition) is 4. The van der Waals surface area contributed by atoms with Gasteiger partial charge in [-0.25, -0.2) is 9.67 Å². The normalized spacial score (nSPS) is 17.2. The molecule has 27 heavy (non-hydrogen) atoms. The van der Waals surface area contributed by atoms with Crippen LogP contribution in [0.5, 0.6) is 0 Å². The Balaban J connectivity index is 0.00000364. The van der Waals surface area contributed by atoms with Crippen molar-refractivity contribution in [1.82, 2.24) is 30.3 Å². The minimum atomic E-state index is 0. The molecule has 1 aliphatic heterocycles. The van der Waals surface area contributed by atoms with Crippen molar-refractivity contribution in [2.24, 2.45) is 4.99 Å². The van der Waals surface area contributed by atoms with Gasteiger partial charge in [-0.15, -0.1) is 24.0 Å². The summed E-state index contributed by atoms with van der Waals surface area (Å²) in [6, 6.07) is 1.50. The molecule has 0 aromatic carbocycles. The average molecular weight is 491 g/mol. The molecule has 1 aliphatic rings. The molecule has 1 atom stereocenters. The van der Waals surface area contributed by atoms with Gasteiger partial charge < -0.3 is 10.6 Å². The van der Waals surface area contributed by atoms with Crippen LogP contribution < -0.4 is 10.6 Å². The summed E-state index contributed by atoms with van der Waals surface area (Å²) in [5, 5.41) is 11.4. The summed E-state index contributed by atoms with van der Waals surface area (Å²) in [6.07, 6.45) is 3.11. The first-order valence-electron chi connectivity index (χ1n) is 10.1. The largest absolute Gasteiger partial charge is 0.357 e. The van der Waals surface area contributed by atoms with Gasteiger partial charge in [-0.1, -0.05) is 0 Å². The quantitative estimate of drug-likeness (QED) is 0.253. The van der Waals surface area contributed by atoms with Crippen LogP contribution in [-0.4, -0.2) is 63.4 Å². The van der Waals surface area contributed by atoms with Crippen LogP contribution in [0, 0.1) is 6.92 Å². The van der Waals surface area contributed by atoms with E-state index in [2.05, 4.69) is 60.2 Å². The Labute approximate surface area is 181 Å². The molecule has 1 unspecified atom stereocenters. The van der Waals surface area contributed by atoms with Crippen molar-refractivity contribution in [2.75, 3.05) is 19.6 Å². The lowest BCUT2D eigenvalue weighted by Crippen LogP contribution is -2.47. The number of aliphatic imine (C=N–C) groups is 1. The maximum atomic E-state index is 4.78. The Bertz CT molecular complexity index is 575. The Morgan fingerprint density at radius 3 is 2.63 bits per heavy atom. The van der Waals surface area contributed by atoms with Crippen molar-refractivity contribution in [1.29, 1.82) is 0 Å². The van der Waals surface area contributed by atoms with E-state index in [1.807, 2.05) is 11.6 Å². The number of nitrogens with one attached hydrogen (secondary N) is 2. The third-order valence-electron chi connectivity index (χ3n) is 4.82. The molecule has 0 spiro atoms. The number of rotatable bonds is 8. The SMILES string of the molecule is CCNC(=NCCCN(C(C)C)C(C)C)NC1CCc2nc(C)nn2C1.I. The fourth-order valence-electron chi connectivity index (χ4n) is 3.62. The third kappa shape index (κ3) is 7.56. The highest BCUT2D eigenvalue weighted by atomic mass is 127. The number of nitrogens with zero attached hydrogens (tertiary/aromatic N) is 5. The number of halogens is 1. The van der Waals surface area contributed by atoms with Gasteiger partial charge in [0.1, 0.15) is 11.6 Å². The molecular weight excluding hydrogens is 453 g/mol. The summed E-state index contributed by atoms with van der Waals surface area (Å²) < 4.78 is 2.03. The molecule has 0 radical (unpaired) electrons. The van der Waals surface area contributed by atoms with E-state index in [0.717, 1.165) is 63.0 Å². The molecular formula is C19H38IN7. The number of hydrogen-bond donors (Lipinski definition) is 2. The predicted molar refractivity (Wildman–Crippen MR) is 123 cm³/mol. The van der Waals surface area contributed by atoms with Crippen LogP contribution in [0.25, 0.3) is 0 Å². The maximum absolute atomic E-state index is 4.78. The van der Waals surface area contributed by atoms with Crippen LogP contribution in [0.2, 0.25) is 0 Å². The van der Waals surface area contributed by atoms with Crippen molar-refractivity contribution in [3.63, 3.8) is 0 Å². The van der Waals surface area contributed by atoms with E-state index in [0.29, 0.717) is 18.1 Å². The Morgan fingerprint density at radius 1 is 1.30 bits per heavy atom. The van der Waals surface area contributed by atoms with E-state index < -0.39 is 0 Å². The van der Waals surface area contributed by atoms with Crippen LogP contribution in [0.1, 0.15) is 59.1 Å². The number of fused-ring (bicyclic) bond motifs is 1. The lowest BCUT2D eigenvalue weighted by atomic mass is 10.1. The van der Waals surface area contributed by atoms with Gasteiger partial charge in [0.05, 0.1) is 6.54 Å². The summed E-state index contributed by atoms with van der Waals surface area (Å²) in [5.41, 5.74) is 0. The monoisotopic (exact) mass is 491 g/mol. The number of aryl methyl sites for hydroxylation is 2. The fraction of sp³-hybridized carbons (Fsp3) is 0.842. The number of guanidine groups is 1. The Hall–Kier alpha value is -0.900. The van der Waals surface area contributed by atoms with Gasteiger partial charge >= 0.3 is 0 Å². The molecule has 2 N–H and O–H groups in total. The molecule has 156 valence electrons. The molecule has 0 fully saturated rings. The van der Waals surface area contributed by atoms with E-state index >= 15 is 0 Å². The maximum Gasteiger partial charge on any atom is 0.191 e. The first-order valence-corrected chi connectivity index (χ1v) is 10.1. The Kier molecular flexibility index (Phi) is 10.6. The molecule has 0 amide bonds. The lowest BCUT2D eigenvalue weighted by Gasteiger charge is -2.30. The van der Waals surface area contributed by atoms with E-state index in [-0.39, 0.29) is 24.0 Å². The lowest BCUT2D eigenvalue weighted by molar-refractivity contribution is 0.174. The summed E-state index contributed by atoms with van der Waals surface area (Å²) in [7, 11) is 0. The smallest absolute Gasteiger partial charge is 0.191 e. The minimum Gasteiger partial charge on any atom is -0.357 e. The molecule has 1 aromatic heterocycles. The molecule has 1 aromatic rings. The molecule has 7 nitrogen and oxygen atoms in total. The Morgan fingerprint density at radius 2 is 2.00 bits per heavy atom. The average Bonchev–Trinajstić information content (AvgIpc) is 2.93. The molecule has 0 saturated carbocycles. The zero-order chi connectivity index (χ0) is 19.1. The first kappa shape index (κ1) is 24.1. The van der Waals surface area contributed by atoms with Crippen molar-refractivity contribution in [3.05, 3.63) is 11.6 Å². The first-order chi connectivity index (χ1) is 12.4. The summed E-state index contributed by atoms with van der Waals surface area (Å²) in [4.78, 5) is 11.8. The van der Waals surface area contributed by atoms with E-state index in [1.165, 1.54) is 0 Å². The van der Waals surface area contributed by atoms with Crippen LogP contribution in [0.3, 0.4) is 0 Å². The fourth-order valence-corrected chi connectivity index (χ4v) is 3.62. The highest BCUT2D eigenvalue weighted by Gasteiger charge is 2.21. The zero-order valence-corrected chi connectivity index (χ0v) is 20.2. The van der Waals surface area contributed by atoms with Crippen molar-refractivity contribution in [2.45, 2.75) is 85.5 Å². The van der Waals surface area contributed by atoms with Gasteiger partial charge in [-0.2, -0.15) is 5.10 Å². The molecule has 0 aliphatic carbocycles. The van der Waals surface area contributed by atoms with E-state index in [1.54, 1.807) is 0 Å². The van der Waals surface area contributed by atoms with Crippen LogP contribution in [0.15, 0.2) is 4.99 Å². The van der Waals surface area contributed by atoms with Crippen molar-refractivity contribution >= 4 is 29.9 Å². The van der Waals surface area contributed by atoms with Gasteiger partial charge in [0.15, 0.2) is 5.96 Å². The molecule has 0 saturated heterocycles. The molecule has 2 rings (SSSR count).